The molecule has 2 aromatic heterocycles. The molecule has 3 aromatic rings. The van der Waals surface area contributed by atoms with Crippen molar-refractivity contribution in [3.8, 4) is 0 Å². The molecule has 4 rings (SSSR count). The van der Waals surface area contributed by atoms with Gasteiger partial charge in [0.15, 0.2) is 5.13 Å². The Balaban J connectivity index is 1.27. The van der Waals surface area contributed by atoms with Gasteiger partial charge in [-0.3, -0.25) is 19.8 Å². The number of nitrogens with zero attached hydrogens (tertiary/aromatic N) is 3. The van der Waals surface area contributed by atoms with E-state index in [-0.39, 0.29) is 33.4 Å². The first-order valence-corrected chi connectivity index (χ1v) is 11.5. The van der Waals surface area contributed by atoms with Gasteiger partial charge < -0.3 is 9.88 Å². The van der Waals surface area contributed by atoms with E-state index >= 15 is 0 Å². The molecule has 2 amide bonds. The molecular formula is C22H23ClFN5O2S. The van der Waals surface area contributed by atoms with Crippen LogP contribution >= 0.6 is 22.9 Å². The Morgan fingerprint density at radius 1 is 1.25 bits per heavy atom. The van der Waals surface area contributed by atoms with E-state index in [1.165, 1.54) is 17.8 Å². The number of amides is 2. The quantitative estimate of drug-likeness (QED) is 0.566. The third-order valence-corrected chi connectivity index (χ3v) is 6.55. The lowest BCUT2D eigenvalue weighted by molar-refractivity contribution is 0.0903. The number of benzene rings is 1. The van der Waals surface area contributed by atoms with Crippen LogP contribution in [-0.2, 0) is 13.6 Å². The fourth-order valence-electron chi connectivity index (χ4n) is 3.63. The Labute approximate surface area is 194 Å². The minimum absolute atomic E-state index is 0.0910. The van der Waals surface area contributed by atoms with Crippen molar-refractivity contribution < 1.29 is 14.0 Å². The second-order valence-electron chi connectivity index (χ2n) is 7.76. The summed E-state index contributed by atoms with van der Waals surface area (Å²) in [6, 6.07) is 7.97. The summed E-state index contributed by atoms with van der Waals surface area (Å²) in [7, 11) is 2.04. The van der Waals surface area contributed by atoms with Crippen molar-refractivity contribution in [1.29, 1.82) is 0 Å². The number of piperidine rings is 1. The van der Waals surface area contributed by atoms with E-state index in [4.69, 9.17) is 11.6 Å². The second-order valence-corrected chi connectivity index (χ2v) is 9.02. The van der Waals surface area contributed by atoms with Crippen molar-refractivity contribution in [3.05, 3.63) is 69.7 Å². The molecule has 10 heteroatoms. The summed E-state index contributed by atoms with van der Waals surface area (Å²) >= 11 is 6.88. The highest BCUT2D eigenvalue weighted by molar-refractivity contribution is 7.14. The normalized spacial score (nSPS) is 15.0. The molecule has 1 aromatic carbocycles. The van der Waals surface area contributed by atoms with Crippen LogP contribution in [0.4, 0.5) is 9.52 Å². The number of anilines is 1. The molecule has 3 heterocycles. The molecule has 0 atom stereocenters. The van der Waals surface area contributed by atoms with Crippen LogP contribution < -0.4 is 10.6 Å². The van der Waals surface area contributed by atoms with E-state index in [0.29, 0.717) is 0 Å². The monoisotopic (exact) mass is 475 g/mol. The molecule has 0 unspecified atom stereocenters. The van der Waals surface area contributed by atoms with Gasteiger partial charge in [-0.05, 0) is 43.2 Å². The average Bonchev–Trinajstić information content (AvgIpc) is 3.40. The summed E-state index contributed by atoms with van der Waals surface area (Å²) < 4.78 is 15.4. The molecule has 0 saturated carbocycles. The minimum Gasteiger partial charge on any atom is -0.353 e. The molecule has 168 valence electrons. The van der Waals surface area contributed by atoms with Gasteiger partial charge in [0.1, 0.15) is 11.5 Å². The van der Waals surface area contributed by atoms with Gasteiger partial charge in [0, 0.05) is 55.6 Å². The predicted octanol–water partition coefficient (Wildman–Crippen LogP) is 3.92. The van der Waals surface area contributed by atoms with Gasteiger partial charge in [0.2, 0.25) is 0 Å². The summed E-state index contributed by atoms with van der Waals surface area (Å²) in [6.07, 6.45) is 3.78. The van der Waals surface area contributed by atoms with E-state index in [1.54, 1.807) is 5.38 Å². The first-order chi connectivity index (χ1) is 15.4. The number of thiazole rings is 1. The Bertz CT molecular complexity index is 1120. The molecule has 0 aliphatic carbocycles. The van der Waals surface area contributed by atoms with Gasteiger partial charge >= 0.3 is 0 Å². The highest BCUT2D eigenvalue weighted by atomic mass is 35.5. The number of aromatic nitrogens is 2. The van der Waals surface area contributed by atoms with Gasteiger partial charge in [-0.15, -0.1) is 11.3 Å². The SMILES string of the molecule is Cn1cccc1CN1CCC(NC(=O)c2csc(NC(=O)c3ccc(F)c(Cl)c3)n2)CC1. The zero-order chi connectivity index (χ0) is 22.7. The largest absolute Gasteiger partial charge is 0.353 e. The van der Waals surface area contributed by atoms with Gasteiger partial charge in [-0.2, -0.15) is 0 Å². The number of carbonyl (C=O) groups is 2. The Morgan fingerprint density at radius 3 is 2.72 bits per heavy atom. The molecule has 0 radical (unpaired) electrons. The van der Waals surface area contributed by atoms with Gasteiger partial charge in [-0.25, -0.2) is 9.37 Å². The number of aryl methyl sites for hydroxylation is 1. The molecule has 1 saturated heterocycles. The molecule has 0 spiro atoms. The Kier molecular flexibility index (Phi) is 6.88. The van der Waals surface area contributed by atoms with Crippen LogP contribution in [-0.4, -0.2) is 45.4 Å². The van der Waals surface area contributed by atoms with Gasteiger partial charge in [0.25, 0.3) is 11.8 Å². The first-order valence-electron chi connectivity index (χ1n) is 10.2. The molecule has 1 aliphatic heterocycles. The maximum atomic E-state index is 13.3. The van der Waals surface area contributed by atoms with Gasteiger partial charge in [0.05, 0.1) is 5.02 Å². The van der Waals surface area contributed by atoms with Crippen LogP contribution in [0.3, 0.4) is 0 Å². The summed E-state index contributed by atoms with van der Waals surface area (Å²) in [4.78, 5) is 31.5. The van der Waals surface area contributed by atoms with Crippen molar-refractivity contribution in [2.75, 3.05) is 18.4 Å². The number of hydrogen-bond acceptors (Lipinski definition) is 5. The lowest BCUT2D eigenvalue weighted by Crippen LogP contribution is -2.44. The number of halogens is 2. The number of nitrogens with one attached hydrogen (secondary N) is 2. The molecule has 1 fully saturated rings. The van der Waals surface area contributed by atoms with Gasteiger partial charge in [-0.1, -0.05) is 11.6 Å². The fourth-order valence-corrected chi connectivity index (χ4v) is 4.49. The van der Waals surface area contributed by atoms with Crippen molar-refractivity contribution in [2.45, 2.75) is 25.4 Å². The molecule has 2 N–H and O–H groups in total. The highest BCUT2D eigenvalue weighted by Crippen LogP contribution is 2.20. The van der Waals surface area contributed by atoms with Crippen molar-refractivity contribution in [3.63, 3.8) is 0 Å². The van der Waals surface area contributed by atoms with Crippen LogP contribution in [0.2, 0.25) is 5.02 Å². The molecule has 32 heavy (non-hydrogen) atoms. The summed E-state index contributed by atoms with van der Waals surface area (Å²) in [5.41, 5.74) is 1.74. The van der Waals surface area contributed by atoms with E-state index in [2.05, 4.69) is 31.2 Å². The number of carbonyl (C=O) groups excluding carboxylic acids is 2. The standard InChI is InChI=1S/C22H23ClFN5O2S/c1-28-8-2-3-16(28)12-29-9-6-15(7-10-29)25-21(31)19-13-32-22(26-19)27-20(30)14-4-5-18(24)17(23)11-14/h2-5,8,11,13,15H,6-7,9-10,12H2,1H3,(H,25,31)(H,26,27,30). The van der Waals surface area contributed by atoms with Crippen molar-refractivity contribution >= 4 is 39.9 Å². The van der Waals surface area contributed by atoms with Crippen LogP contribution in [0.15, 0.2) is 41.9 Å². The zero-order valence-electron chi connectivity index (χ0n) is 17.5. The number of likely N-dealkylation sites (tertiary alicyclic amines) is 1. The van der Waals surface area contributed by atoms with E-state index in [9.17, 15) is 14.0 Å². The predicted molar refractivity (Wildman–Crippen MR) is 123 cm³/mol. The summed E-state index contributed by atoms with van der Waals surface area (Å²) in [6.45, 7) is 2.72. The molecule has 7 nitrogen and oxygen atoms in total. The van der Waals surface area contributed by atoms with E-state index in [0.717, 1.165) is 49.9 Å². The maximum Gasteiger partial charge on any atom is 0.271 e. The summed E-state index contributed by atoms with van der Waals surface area (Å²) in [5.74, 6) is -1.33. The Hall–Kier alpha value is -2.75. The first kappa shape index (κ1) is 22.4. The molecule has 1 aliphatic rings. The van der Waals surface area contributed by atoms with Crippen molar-refractivity contribution in [1.82, 2.24) is 19.8 Å². The van der Waals surface area contributed by atoms with Crippen LogP contribution in [0.5, 0.6) is 0 Å². The highest BCUT2D eigenvalue weighted by Gasteiger charge is 2.23. The van der Waals surface area contributed by atoms with Crippen LogP contribution in [0.25, 0.3) is 0 Å². The van der Waals surface area contributed by atoms with E-state index in [1.807, 2.05) is 19.3 Å². The smallest absolute Gasteiger partial charge is 0.271 e. The number of rotatable bonds is 6. The maximum absolute atomic E-state index is 13.3. The molecule has 0 bridgehead atoms. The Morgan fingerprint density at radius 2 is 2.03 bits per heavy atom. The minimum atomic E-state index is -0.595. The fraction of sp³-hybridized carbons (Fsp3) is 0.318. The zero-order valence-corrected chi connectivity index (χ0v) is 19.0. The average molecular weight is 476 g/mol. The second kappa shape index (κ2) is 9.81. The van der Waals surface area contributed by atoms with Crippen molar-refractivity contribution in [2.24, 2.45) is 7.05 Å². The number of hydrogen-bond donors (Lipinski definition) is 2. The molecular weight excluding hydrogens is 453 g/mol. The van der Waals surface area contributed by atoms with Crippen LogP contribution in [0.1, 0.15) is 39.4 Å². The lowest BCUT2D eigenvalue weighted by Gasteiger charge is -2.32. The topological polar surface area (TPSA) is 79.3 Å². The lowest BCUT2D eigenvalue weighted by atomic mass is 10.0. The third kappa shape index (κ3) is 5.35. The third-order valence-electron chi connectivity index (χ3n) is 5.50. The summed E-state index contributed by atoms with van der Waals surface area (Å²) in [5, 5.41) is 7.41. The van der Waals surface area contributed by atoms with Crippen LogP contribution in [0, 0.1) is 5.82 Å². The van der Waals surface area contributed by atoms with E-state index < -0.39 is 11.7 Å².